The summed E-state index contributed by atoms with van der Waals surface area (Å²) in [5, 5.41) is 12.1. The van der Waals surface area contributed by atoms with E-state index in [4.69, 9.17) is 5.11 Å². The lowest BCUT2D eigenvalue weighted by molar-refractivity contribution is -0.151. The number of benzene rings is 1. The number of nitrogens with one attached hydrogen (secondary N) is 1. The Morgan fingerprint density at radius 1 is 1.35 bits per heavy atom. The van der Waals surface area contributed by atoms with Crippen molar-refractivity contribution < 1.29 is 14.7 Å². The summed E-state index contributed by atoms with van der Waals surface area (Å²) in [4.78, 5) is 24.8. The van der Waals surface area contributed by atoms with Gasteiger partial charge in [-0.3, -0.25) is 4.79 Å². The minimum Gasteiger partial charge on any atom is -0.480 e. The molecule has 1 unspecified atom stereocenters. The second-order valence-corrected chi connectivity index (χ2v) is 5.13. The number of piperazine rings is 1. The number of carbonyl (C=O) groups is 2. The van der Waals surface area contributed by atoms with Crippen LogP contribution in [0.5, 0.6) is 0 Å². The summed E-state index contributed by atoms with van der Waals surface area (Å²) in [5.74, 6) is -1.03. The number of amides is 1. The Morgan fingerprint density at radius 2 is 2.05 bits per heavy atom. The fourth-order valence-electron chi connectivity index (χ4n) is 2.37. The molecule has 1 aromatic carbocycles. The summed E-state index contributed by atoms with van der Waals surface area (Å²) in [6.07, 6.45) is 1.00. The van der Waals surface area contributed by atoms with Crippen molar-refractivity contribution in [2.45, 2.75) is 25.8 Å². The van der Waals surface area contributed by atoms with E-state index in [1.54, 1.807) is 0 Å². The van der Waals surface area contributed by atoms with Crippen molar-refractivity contribution in [3.05, 3.63) is 35.4 Å². The third-order valence-electron chi connectivity index (χ3n) is 3.60. The Kier molecular flexibility index (Phi) is 4.74. The number of carboxylic acids is 1. The Morgan fingerprint density at radius 3 is 2.70 bits per heavy atom. The van der Waals surface area contributed by atoms with Gasteiger partial charge in [-0.05, 0) is 18.9 Å². The number of nitrogens with zero attached hydrogens (tertiary/aromatic N) is 1. The van der Waals surface area contributed by atoms with E-state index in [0.29, 0.717) is 32.5 Å². The number of aryl methyl sites for hydroxylation is 2. The highest BCUT2D eigenvalue weighted by Gasteiger charge is 2.31. The van der Waals surface area contributed by atoms with Crippen LogP contribution in [0.1, 0.15) is 17.5 Å². The van der Waals surface area contributed by atoms with Crippen LogP contribution in [-0.2, 0) is 16.0 Å². The van der Waals surface area contributed by atoms with Crippen LogP contribution >= 0.6 is 0 Å². The van der Waals surface area contributed by atoms with E-state index in [1.807, 2.05) is 31.2 Å². The van der Waals surface area contributed by atoms with Crippen LogP contribution in [0.3, 0.4) is 0 Å². The first-order valence-electron chi connectivity index (χ1n) is 6.86. The number of hydrogen-bond acceptors (Lipinski definition) is 3. The summed E-state index contributed by atoms with van der Waals surface area (Å²) in [6.45, 7) is 3.46. The Balaban J connectivity index is 1.93. The van der Waals surface area contributed by atoms with Gasteiger partial charge in [0.05, 0.1) is 0 Å². The van der Waals surface area contributed by atoms with Crippen molar-refractivity contribution in [2.75, 3.05) is 19.6 Å². The average Bonchev–Trinajstić information content (AvgIpc) is 2.46. The molecule has 1 aliphatic heterocycles. The lowest BCUT2D eigenvalue weighted by atomic mass is 10.1. The van der Waals surface area contributed by atoms with E-state index in [2.05, 4.69) is 5.32 Å². The van der Waals surface area contributed by atoms with Gasteiger partial charge in [0.25, 0.3) is 0 Å². The smallest absolute Gasteiger partial charge is 0.327 e. The van der Waals surface area contributed by atoms with Crippen molar-refractivity contribution in [1.82, 2.24) is 10.2 Å². The second kappa shape index (κ2) is 6.52. The summed E-state index contributed by atoms with van der Waals surface area (Å²) < 4.78 is 0. The monoisotopic (exact) mass is 276 g/mol. The van der Waals surface area contributed by atoms with Crippen molar-refractivity contribution in [2.24, 2.45) is 0 Å². The van der Waals surface area contributed by atoms with Crippen LogP contribution in [0.25, 0.3) is 0 Å². The Bertz CT molecular complexity index is 484. The molecule has 0 spiro atoms. The van der Waals surface area contributed by atoms with Crippen LogP contribution < -0.4 is 5.32 Å². The molecule has 2 rings (SSSR count). The summed E-state index contributed by atoms with van der Waals surface area (Å²) >= 11 is 0. The third kappa shape index (κ3) is 3.57. The number of hydrogen-bond donors (Lipinski definition) is 2. The van der Waals surface area contributed by atoms with Gasteiger partial charge < -0.3 is 15.3 Å². The quantitative estimate of drug-likeness (QED) is 0.854. The molecule has 1 atom stereocenters. The third-order valence-corrected chi connectivity index (χ3v) is 3.60. The Hall–Kier alpha value is -1.88. The van der Waals surface area contributed by atoms with Crippen molar-refractivity contribution >= 4 is 11.9 Å². The molecule has 1 aliphatic rings. The second-order valence-electron chi connectivity index (χ2n) is 5.13. The standard InChI is InChI=1S/C15H20N2O3/c1-11-2-4-12(5-3-11)6-7-14(18)17-9-8-16-10-13(17)15(19)20/h2-5,13,16H,6-10H2,1H3,(H,19,20). The van der Waals surface area contributed by atoms with Crippen LogP contribution in [0.4, 0.5) is 0 Å². The molecule has 1 fully saturated rings. The molecular formula is C15H20N2O3. The minimum absolute atomic E-state index is 0.0838. The normalized spacial score (nSPS) is 18.9. The molecule has 1 saturated heterocycles. The highest BCUT2D eigenvalue weighted by Crippen LogP contribution is 2.10. The van der Waals surface area contributed by atoms with Gasteiger partial charge >= 0.3 is 5.97 Å². The minimum atomic E-state index is -0.944. The lowest BCUT2D eigenvalue weighted by Gasteiger charge is -2.33. The van der Waals surface area contributed by atoms with Gasteiger partial charge in [0, 0.05) is 26.1 Å². The molecule has 1 aromatic rings. The Labute approximate surface area is 118 Å². The van der Waals surface area contributed by atoms with Gasteiger partial charge in [-0.2, -0.15) is 0 Å². The van der Waals surface area contributed by atoms with Crippen molar-refractivity contribution in [1.29, 1.82) is 0 Å². The van der Waals surface area contributed by atoms with E-state index < -0.39 is 12.0 Å². The predicted molar refractivity (Wildman–Crippen MR) is 75.5 cm³/mol. The molecule has 0 saturated carbocycles. The number of carboxylic acid groups (broad SMARTS) is 1. The fourth-order valence-corrected chi connectivity index (χ4v) is 2.37. The largest absolute Gasteiger partial charge is 0.480 e. The van der Waals surface area contributed by atoms with Gasteiger partial charge in [-0.1, -0.05) is 29.8 Å². The van der Waals surface area contributed by atoms with E-state index in [9.17, 15) is 9.59 Å². The zero-order chi connectivity index (χ0) is 14.5. The molecule has 1 heterocycles. The van der Waals surface area contributed by atoms with E-state index in [0.717, 1.165) is 5.56 Å². The first kappa shape index (κ1) is 14.5. The van der Waals surface area contributed by atoms with E-state index in [-0.39, 0.29) is 5.91 Å². The van der Waals surface area contributed by atoms with Gasteiger partial charge in [-0.25, -0.2) is 4.79 Å². The van der Waals surface area contributed by atoms with E-state index >= 15 is 0 Å². The highest BCUT2D eigenvalue weighted by molar-refractivity contribution is 5.84. The lowest BCUT2D eigenvalue weighted by Crippen LogP contribution is -2.57. The van der Waals surface area contributed by atoms with Crippen LogP contribution in [0.15, 0.2) is 24.3 Å². The topological polar surface area (TPSA) is 69.6 Å². The van der Waals surface area contributed by atoms with Gasteiger partial charge in [0.2, 0.25) is 5.91 Å². The molecule has 2 N–H and O–H groups in total. The SMILES string of the molecule is Cc1ccc(CCC(=O)N2CCNCC2C(=O)O)cc1. The number of rotatable bonds is 4. The maximum absolute atomic E-state index is 12.2. The first-order chi connectivity index (χ1) is 9.58. The molecule has 5 nitrogen and oxygen atoms in total. The maximum atomic E-state index is 12.2. The molecular weight excluding hydrogens is 256 g/mol. The van der Waals surface area contributed by atoms with Crippen LogP contribution in [0, 0.1) is 6.92 Å². The van der Waals surface area contributed by atoms with E-state index in [1.165, 1.54) is 10.5 Å². The molecule has 0 aliphatic carbocycles. The van der Waals surface area contributed by atoms with Gasteiger partial charge in [-0.15, -0.1) is 0 Å². The summed E-state index contributed by atoms with van der Waals surface area (Å²) in [5.41, 5.74) is 2.29. The molecule has 108 valence electrons. The van der Waals surface area contributed by atoms with Crippen LogP contribution in [0.2, 0.25) is 0 Å². The fraction of sp³-hybridized carbons (Fsp3) is 0.467. The summed E-state index contributed by atoms with van der Waals surface area (Å²) in [7, 11) is 0. The number of aliphatic carboxylic acids is 1. The van der Waals surface area contributed by atoms with Crippen molar-refractivity contribution in [3.8, 4) is 0 Å². The molecule has 0 radical (unpaired) electrons. The molecule has 20 heavy (non-hydrogen) atoms. The molecule has 0 bridgehead atoms. The van der Waals surface area contributed by atoms with Gasteiger partial charge in [0.15, 0.2) is 0 Å². The van der Waals surface area contributed by atoms with Crippen molar-refractivity contribution in [3.63, 3.8) is 0 Å². The maximum Gasteiger partial charge on any atom is 0.327 e. The zero-order valence-corrected chi connectivity index (χ0v) is 11.6. The molecule has 5 heteroatoms. The molecule has 1 amide bonds. The van der Waals surface area contributed by atoms with Gasteiger partial charge in [0.1, 0.15) is 6.04 Å². The zero-order valence-electron chi connectivity index (χ0n) is 11.6. The highest BCUT2D eigenvalue weighted by atomic mass is 16.4. The average molecular weight is 276 g/mol. The first-order valence-corrected chi connectivity index (χ1v) is 6.86. The van der Waals surface area contributed by atoms with Crippen LogP contribution in [-0.4, -0.2) is 47.6 Å². The predicted octanol–water partition coefficient (Wildman–Crippen LogP) is 0.813. The molecule has 0 aromatic heterocycles. The number of carbonyl (C=O) groups excluding carboxylic acids is 1. The summed E-state index contributed by atoms with van der Waals surface area (Å²) in [6, 6.07) is 7.31.